The van der Waals surface area contributed by atoms with Crippen molar-refractivity contribution in [1.82, 2.24) is 20.2 Å². The normalized spacial score (nSPS) is 10.8. The second kappa shape index (κ2) is 10.7. The Morgan fingerprint density at radius 1 is 1.03 bits per heavy atom. The molecular weight excluding hydrogens is 416 g/mol. The highest BCUT2D eigenvalue weighted by Crippen LogP contribution is 2.14. The molecule has 0 fully saturated rings. The van der Waals surface area contributed by atoms with Gasteiger partial charge in [0.05, 0.1) is 11.0 Å². The number of para-hydroxylation sites is 2. The molecule has 2 amide bonds. The van der Waals surface area contributed by atoms with Crippen molar-refractivity contribution in [3.63, 3.8) is 0 Å². The lowest BCUT2D eigenvalue weighted by atomic mass is 10.2. The van der Waals surface area contributed by atoms with Gasteiger partial charge in [-0.05, 0) is 30.2 Å². The van der Waals surface area contributed by atoms with Gasteiger partial charge in [-0.2, -0.15) is 0 Å². The minimum Gasteiger partial charge on any atom is -0.356 e. The molecule has 2 aromatic carbocycles. The van der Waals surface area contributed by atoms with Crippen LogP contribution >= 0.6 is 11.6 Å². The minimum absolute atomic E-state index is 0.125. The number of rotatable bonds is 9. The highest BCUT2D eigenvalue weighted by atomic mass is 35.5. The number of nitrogens with one attached hydrogen (secondary N) is 2. The molecule has 7 nitrogen and oxygen atoms in total. The molecule has 0 aliphatic carbocycles. The second-order valence-electron chi connectivity index (χ2n) is 7.16. The van der Waals surface area contributed by atoms with Crippen LogP contribution in [0, 0.1) is 0 Å². The van der Waals surface area contributed by atoms with E-state index in [2.05, 4.69) is 15.6 Å². The summed E-state index contributed by atoms with van der Waals surface area (Å²) in [5.41, 5.74) is 1.87. The van der Waals surface area contributed by atoms with Crippen molar-refractivity contribution in [1.29, 1.82) is 0 Å². The summed E-state index contributed by atoms with van der Waals surface area (Å²) < 4.78 is 1.41. The molecule has 162 valence electrons. The third kappa shape index (κ3) is 5.92. The van der Waals surface area contributed by atoms with Gasteiger partial charge in [-0.1, -0.05) is 48.9 Å². The van der Waals surface area contributed by atoms with E-state index in [1.165, 1.54) is 4.57 Å². The summed E-state index contributed by atoms with van der Waals surface area (Å²) in [4.78, 5) is 42.0. The van der Waals surface area contributed by atoms with Gasteiger partial charge in [0.25, 0.3) is 5.56 Å². The van der Waals surface area contributed by atoms with Gasteiger partial charge in [-0.3, -0.25) is 19.0 Å². The number of aromatic nitrogens is 2. The highest BCUT2D eigenvalue weighted by Gasteiger charge is 2.15. The van der Waals surface area contributed by atoms with Crippen LogP contribution in [0.3, 0.4) is 0 Å². The topological polar surface area (TPSA) is 93.1 Å². The van der Waals surface area contributed by atoms with Crippen LogP contribution < -0.4 is 16.2 Å². The lowest BCUT2D eigenvalue weighted by Gasteiger charge is -2.13. The second-order valence-corrected chi connectivity index (χ2v) is 7.56. The molecule has 0 saturated carbocycles. The van der Waals surface area contributed by atoms with Crippen LogP contribution in [0.5, 0.6) is 0 Å². The van der Waals surface area contributed by atoms with Gasteiger partial charge in [0.2, 0.25) is 11.8 Å². The van der Waals surface area contributed by atoms with Crippen molar-refractivity contribution >= 4 is 34.4 Å². The molecule has 3 aromatic rings. The molecule has 1 aromatic heterocycles. The molecule has 0 atom stereocenters. The van der Waals surface area contributed by atoms with Crippen LogP contribution in [0.25, 0.3) is 11.0 Å². The molecule has 0 unspecified atom stereocenters. The number of carbonyl (C=O) groups excluding carboxylic acids is 2. The quantitative estimate of drug-likeness (QED) is 0.535. The van der Waals surface area contributed by atoms with Gasteiger partial charge in [-0.25, -0.2) is 4.98 Å². The van der Waals surface area contributed by atoms with Gasteiger partial charge < -0.3 is 10.6 Å². The molecule has 0 spiro atoms. The van der Waals surface area contributed by atoms with Crippen LogP contribution in [0.4, 0.5) is 0 Å². The Kier molecular flexibility index (Phi) is 7.78. The maximum Gasteiger partial charge on any atom is 0.273 e. The van der Waals surface area contributed by atoms with Crippen LogP contribution in [-0.4, -0.2) is 27.9 Å². The van der Waals surface area contributed by atoms with Crippen LogP contribution in [0.2, 0.25) is 5.02 Å². The Bertz CT molecular complexity index is 1140. The minimum atomic E-state index is -0.366. The predicted molar refractivity (Wildman–Crippen MR) is 121 cm³/mol. The molecule has 0 aliphatic heterocycles. The summed E-state index contributed by atoms with van der Waals surface area (Å²) in [6.45, 7) is 2.68. The largest absolute Gasteiger partial charge is 0.356 e. The molecule has 3 rings (SSSR count). The van der Waals surface area contributed by atoms with E-state index in [1.54, 1.807) is 24.3 Å². The van der Waals surface area contributed by atoms with Crippen molar-refractivity contribution in [2.24, 2.45) is 0 Å². The van der Waals surface area contributed by atoms with E-state index in [4.69, 9.17) is 11.6 Å². The summed E-state index contributed by atoms with van der Waals surface area (Å²) in [6, 6.07) is 14.4. The molecule has 8 heteroatoms. The number of amides is 2. The van der Waals surface area contributed by atoms with Crippen LogP contribution in [-0.2, 0) is 29.1 Å². The number of benzene rings is 2. The van der Waals surface area contributed by atoms with E-state index in [9.17, 15) is 14.4 Å². The number of hydrogen-bond acceptors (Lipinski definition) is 4. The number of halogens is 1. The molecule has 31 heavy (non-hydrogen) atoms. The SMILES string of the molecule is CCCNC(=O)CCc1nc2ccccc2n(CC(=O)NCc2ccccc2Cl)c1=O. The van der Waals surface area contributed by atoms with Crippen molar-refractivity contribution in [3.05, 3.63) is 75.2 Å². The number of nitrogens with zero attached hydrogens (tertiary/aromatic N) is 2. The van der Waals surface area contributed by atoms with Gasteiger partial charge >= 0.3 is 0 Å². The molecule has 0 saturated heterocycles. The average molecular weight is 441 g/mol. The van der Waals surface area contributed by atoms with E-state index in [-0.39, 0.29) is 49.0 Å². The first-order valence-corrected chi connectivity index (χ1v) is 10.6. The standard InChI is InChI=1S/C23H25ClN4O3/c1-2-13-25-21(29)12-11-19-23(31)28(20-10-6-5-9-18(20)27-19)15-22(30)26-14-16-7-3-4-8-17(16)24/h3-10H,2,11-15H2,1H3,(H,25,29)(H,26,30). The number of fused-ring (bicyclic) bond motifs is 1. The number of carbonyl (C=O) groups is 2. The fourth-order valence-corrected chi connectivity index (χ4v) is 3.39. The molecular formula is C23H25ClN4O3. The molecule has 0 aliphatic rings. The first kappa shape index (κ1) is 22.5. The Morgan fingerprint density at radius 3 is 2.55 bits per heavy atom. The third-order valence-electron chi connectivity index (χ3n) is 4.82. The number of hydrogen-bond donors (Lipinski definition) is 2. The Hall–Kier alpha value is -3.19. The summed E-state index contributed by atoms with van der Waals surface area (Å²) in [7, 11) is 0. The van der Waals surface area contributed by atoms with Crippen molar-refractivity contribution in [2.75, 3.05) is 6.54 Å². The maximum atomic E-state index is 13.0. The lowest BCUT2D eigenvalue weighted by Crippen LogP contribution is -2.34. The van der Waals surface area contributed by atoms with E-state index < -0.39 is 0 Å². The van der Waals surface area contributed by atoms with Crippen molar-refractivity contribution in [2.45, 2.75) is 39.3 Å². The van der Waals surface area contributed by atoms with E-state index in [0.717, 1.165) is 12.0 Å². The zero-order chi connectivity index (χ0) is 22.2. The predicted octanol–water partition coefficient (Wildman–Crippen LogP) is 2.83. The zero-order valence-electron chi connectivity index (χ0n) is 17.4. The fourth-order valence-electron chi connectivity index (χ4n) is 3.18. The summed E-state index contributed by atoms with van der Waals surface area (Å²) >= 11 is 6.14. The molecule has 0 bridgehead atoms. The Balaban J connectivity index is 1.79. The van der Waals surface area contributed by atoms with Crippen LogP contribution in [0.15, 0.2) is 53.3 Å². The molecule has 0 radical (unpaired) electrons. The highest BCUT2D eigenvalue weighted by molar-refractivity contribution is 6.31. The molecule has 2 N–H and O–H groups in total. The third-order valence-corrected chi connectivity index (χ3v) is 5.19. The van der Waals surface area contributed by atoms with E-state index in [0.29, 0.717) is 22.6 Å². The fraction of sp³-hybridized carbons (Fsp3) is 0.304. The Morgan fingerprint density at radius 2 is 1.77 bits per heavy atom. The lowest BCUT2D eigenvalue weighted by molar-refractivity contribution is -0.122. The summed E-state index contributed by atoms with van der Waals surface area (Å²) in [6.07, 6.45) is 1.22. The van der Waals surface area contributed by atoms with E-state index >= 15 is 0 Å². The van der Waals surface area contributed by atoms with Gasteiger partial charge in [0.15, 0.2) is 0 Å². The van der Waals surface area contributed by atoms with Gasteiger partial charge in [0.1, 0.15) is 12.2 Å². The number of aryl methyl sites for hydroxylation is 1. The monoisotopic (exact) mass is 440 g/mol. The summed E-state index contributed by atoms with van der Waals surface area (Å²) in [5.74, 6) is -0.440. The summed E-state index contributed by atoms with van der Waals surface area (Å²) in [5, 5.41) is 6.17. The average Bonchev–Trinajstić information content (AvgIpc) is 2.77. The maximum absolute atomic E-state index is 13.0. The first-order chi connectivity index (χ1) is 15.0. The van der Waals surface area contributed by atoms with E-state index in [1.807, 2.05) is 31.2 Å². The smallest absolute Gasteiger partial charge is 0.273 e. The van der Waals surface area contributed by atoms with Gasteiger partial charge in [-0.15, -0.1) is 0 Å². The van der Waals surface area contributed by atoms with Crippen molar-refractivity contribution < 1.29 is 9.59 Å². The Labute approximate surface area is 185 Å². The van der Waals surface area contributed by atoms with Crippen LogP contribution in [0.1, 0.15) is 31.0 Å². The van der Waals surface area contributed by atoms with Gasteiger partial charge in [0, 0.05) is 31.0 Å². The first-order valence-electron chi connectivity index (χ1n) is 10.2. The zero-order valence-corrected chi connectivity index (χ0v) is 18.1. The van der Waals surface area contributed by atoms with Crippen molar-refractivity contribution in [3.8, 4) is 0 Å². The molecule has 1 heterocycles.